The zero-order chi connectivity index (χ0) is 16.2. The largest absolute Gasteiger partial charge is 0.478 e. The van der Waals surface area contributed by atoms with Crippen molar-refractivity contribution < 1.29 is 27.9 Å². The number of carbonyl (C=O) groups is 2. The number of esters is 1. The molecule has 0 aromatic heterocycles. The lowest BCUT2D eigenvalue weighted by molar-refractivity contribution is -0.140. The molecule has 116 valence electrons. The molecule has 0 aliphatic heterocycles. The lowest BCUT2D eigenvalue weighted by Gasteiger charge is -2.17. The van der Waals surface area contributed by atoms with Gasteiger partial charge in [-0.3, -0.25) is 4.79 Å². The van der Waals surface area contributed by atoms with Crippen molar-refractivity contribution in [2.75, 3.05) is 20.7 Å². The van der Waals surface area contributed by atoms with Gasteiger partial charge in [-0.15, -0.1) is 0 Å². The molecule has 9 heteroatoms. The molecule has 0 fully saturated rings. The Labute approximate surface area is 130 Å². The minimum atomic E-state index is -3.83. The summed E-state index contributed by atoms with van der Waals surface area (Å²) >= 11 is 3.05. The number of carboxylic acid groups (broad SMARTS) is 1. The molecule has 0 atom stereocenters. The second-order valence-electron chi connectivity index (χ2n) is 4.10. The van der Waals surface area contributed by atoms with Gasteiger partial charge in [0.2, 0.25) is 10.0 Å². The number of hydrogen-bond acceptors (Lipinski definition) is 5. The van der Waals surface area contributed by atoms with Gasteiger partial charge in [0.1, 0.15) is 0 Å². The van der Waals surface area contributed by atoms with E-state index in [9.17, 15) is 18.0 Å². The SMILES string of the molecule is COC(=O)CCN(C)S(=O)(=O)c1ccc(C(=O)O)cc1Br. The van der Waals surface area contributed by atoms with Crippen molar-refractivity contribution in [1.29, 1.82) is 0 Å². The molecule has 0 amide bonds. The number of benzene rings is 1. The summed E-state index contributed by atoms with van der Waals surface area (Å²) in [6.07, 6.45) is -0.0724. The van der Waals surface area contributed by atoms with Crippen LogP contribution in [0.15, 0.2) is 27.6 Å². The van der Waals surface area contributed by atoms with E-state index in [0.717, 1.165) is 4.31 Å². The predicted octanol–water partition coefficient (Wildman–Crippen LogP) is 1.33. The van der Waals surface area contributed by atoms with Crippen molar-refractivity contribution in [2.24, 2.45) is 0 Å². The topological polar surface area (TPSA) is 101 Å². The van der Waals surface area contributed by atoms with Crippen LogP contribution >= 0.6 is 15.9 Å². The Balaban J connectivity index is 3.02. The number of halogens is 1. The van der Waals surface area contributed by atoms with Crippen LogP contribution in [0.5, 0.6) is 0 Å². The van der Waals surface area contributed by atoms with Gasteiger partial charge in [-0.05, 0) is 34.1 Å². The smallest absolute Gasteiger partial charge is 0.335 e. The first-order valence-corrected chi connectivity index (χ1v) is 7.99. The van der Waals surface area contributed by atoms with E-state index in [2.05, 4.69) is 20.7 Å². The van der Waals surface area contributed by atoms with Crippen LogP contribution in [-0.2, 0) is 19.6 Å². The third-order valence-corrected chi connectivity index (χ3v) is 5.56. The average molecular weight is 380 g/mol. The number of hydrogen-bond donors (Lipinski definition) is 1. The first-order chi connectivity index (χ1) is 9.70. The third kappa shape index (κ3) is 4.26. The highest BCUT2D eigenvalue weighted by molar-refractivity contribution is 9.10. The fourth-order valence-electron chi connectivity index (χ4n) is 1.48. The van der Waals surface area contributed by atoms with E-state index >= 15 is 0 Å². The molecular weight excluding hydrogens is 366 g/mol. The first kappa shape index (κ1) is 17.6. The van der Waals surface area contributed by atoms with Gasteiger partial charge in [0, 0.05) is 18.1 Å². The van der Waals surface area contributed by atoms with Gasteiger partial charge in [-0.2, -0.15) is 0 Å². The normalized spacial score (nSPS) is 11.4. The van der Waals surface area contributed by atoms with Crippen LogP contribution in [0.1, 0.15) is 16.8 Å². The first-order valence-electron chi connectivity index (χ1n) is 5.76. The van der Waals surface area contributed by atoms with Gasteiger partial charge in [0.05, 0.1) is 24.0 Å². The highest BCUT2D eigenvalue weighted by Gasteiger charge is 2.24. The number of rotatable bonds is 6. The van der Waals surface area contributed by atoms with E-state index in [4.69, 9.17) is 5.11 Å². The summed E-state index contributed by atoms with van der Waals surface area (Å²) in [7, 11) is -1.28. The fraction of sp³-hybridized carbons (Fsp3) is 0.333. The molecule has 0 saturated heterocycles. The monoisotopic (exact) mass is 379 g/mol. The molecule has 1 aromatic rings. The van der Waals surface area contributed by atoms with Crippen LogP contribution in [0.4, 0.5) is 0 Å². The lowest BCUT2D eigenvalue weighted by atomic mass is 10.2. The molecule has 0 saturated carbocycles. The second-order valence-corrected chi connectivity index (χ2v) is 6.97. The van der Waals surface area contributed by atoms with Crippen molar-refractivity contribution in [1.82, 2.24) is 4.31 Å². The maximum absolute atomic E-state index is 12.3. The Hall–Kier alpha value is -1.45. The summed E-state index contributed by atoms with van der Waals surface area (Å²) in [5, 5.41) is 8.85. The average Bonchev–Trinajstić information content (AvgIpc) is 2.43. The summed E-state index contributed by atoms with van der Waals surface area (Å²) in [5.74, 6) is -1.67. The molecule has 0 spiro atoms. The number of carboxylic acids is 1. The summed E-state index contributed by atoms with van der Waals surface area (Å²) < 4.78 is 30.3. The third-order valence-electron chi connectivity index (χ3n) is 2.73. The van der Waals surface area contributed by atoms with Crippen LogP contribution in [0, 0.1) is 0 Å². The molecule has 0 bridgehead atoms. The number of carbonyl (C=O) groups excluding carboxylic acids is 1. The highest BCUT2D eigenvalue weighted by Crippen LogP contribution is 2.25. The minimum Gasteiger partial charge on any atom is -0.478 e. The van der Waals surface area contributed by atoms with Crippen molar-refractivity contribution >= 4 is 37.9 Å². The Morgan fingerprint density at radius 2 is 2.00 bits per heavy atom. The van der Waals surface area contributed by atoms with E-state index in [1.54, 1.807) is 0 Å². The van der Waals surface area contributed by atoms with Crippen LogP contribution in [-0.4, -0.2) is 50.5 Å². The summed E-state index contributed by atoms with van der Waals surface area (Å²) in [5.41, 5.74) is -0.0296. The van der Waals surface area contributed by atoms with E-state index in [0.29, 0.717) is 0 Å². The number of ether oxygens (including phenoxy) is 1. The Morgan fingerprint density at radius 3 is 2.48 bits per heavy atom. The van der Waals surface area contributed by atoms with Gasteiger partial charge in [-0.25, -0.2) is 17.5 Å². The van der Waals surface area contributed by atoms with Crippen LogP contribution in [0.2, 0.25) is 0 Å². The van der Waals surface area contributed by atoms with Gasteiger partial charge in [0.25, 0.3) is 0 Å². The number of sulfonamides is 1. The van der Waals surface area contributed by atoms with Gasteiger partial charge in [0.15, 0.2) is 0 Å². The second kappa shape index (κ2) is 7.01. The summed E-state index contributed by atoms with van der Waals surface area (Å²) in [6.45, 7) is -0.0396. The van der Waals surface area contributed by atoms with Crippen molar-refractivity contribution in [2.45, 2.75) is 11.3 Å². The van der Waals surface area contributed by atoms with Crippen molar-refractivity contribution in [3.8, 4) is 0 Å². The lowest BCUT2D eigenvalue weighted by Crippen LogP contribution is -2.29. The molecule has 1 aromatic carbocycles. The number of methoxy groups -OCH3 is 1. The number of nitrogens with zero attached hydrogens (tertiary/aromatic N) is 1. The van der Waals surface area contributed by atoms with Gasteiger partial charge >= 0.3 is 11.9 Å². The number of aromatic carboxylic acids is 1. The molecule has 1 N–H and O–H groups in total. The Kier molecular flexibility index (Phi) is 5.87. The van der Waals surface area contributed by atoms with Crippen LogP contribution < -0.4 is 0 Å². The van der Waals surface area contributed by atoms with E-state index in [1.165, 1.54) is 32.4 Å². The molecule has 0 aliphatic rings. The van der Waals surface area contributed by atoms with Crippen molar-refractivity contribution in [3.05, 3.63) is 28.2 Å². The van der Waals surface area contributed by atoms with Crippen LogP contribution in [0.25, 0.3) is 0 Å². The van der Waals surface area contributed by atoms with E-state index < -0.39 is 22.0 Å². The highest BCUT2D eigenvalue weighted by atomic mass is 79.9. The van der Waals surface area contributed by atoms with Gasteiger partial charge in [-0.1, -0.05) is 0 Å². The molecule has 0 heterocycles. The van der Waals surface area contributed by atoms with E-state index in [1.807, 2.05) is 0 Å². The Morgan fingerprint density at radius 1 is 1.38 bits per heavy atom. The van der Waals surface area contributed by atoms with E-state index in [-0.39, 0.29) is 27.9 Å². The van der Waals surface area contributed by atoms with Gasteiger partial charge < -0.3 is 9.84 Å². The standard InChI is InChI=1S/C12H14BrNO6S/c1-14(6-5-11(15)20-2)21(18,19)10-4-3-8(12(16)17)7-9(10)13/h3-4,7H,5-6H2,1-2H3,(H,16,17). The summed E-state index contributed by atoms with van der Waals surface area (Å²) in [4.78, 5) is 21.8. The fourth-order valence-corrected chi connectivity index (χ4v) is 3.69. The minimum absolute atomic E-state index is 0.0296. The Bertz CT molecular complexity index is 658. The molecule has 7 nitrogen and oxygen atoms in total. The predicted molar refractivity (Wildman–Crippen MR) is 77.6 cm³/mol. The molecule has 1 rings (SSSR count). The van der Waals surface area contributed by atoms with Crippen molar-refractivity contribution in [3.63, 3.8) is 0 Å². The maximum Gasteiger partial charge on any atom is 0.335 e. The summed E-state index contributed by atoms with van der Waals surface area (Å²) in [6, 6.07) is 3.62. The van der Waals surface area contributed by atoms with Crippen LogP contribution in [0.3, 0.4) is 0 Å². The maximum atomic E-state index is 12.3. The zero-order valence-electron chi connectivity index (χ0n) is 11.4. The quantitative estimate of drug-likeness (QED) is 0.748. The molecule has 0 unspecified atom stereocenters. The molecule has 0 radical (unpaired) electrons. The molecule has 0 aliphatic carbocycles. The zero-order valence-corrected chi connectivity index (χ0v) is 13.8. The molecule has 21 heavy (non-hydrogen) atoms. The molecular formula is C12H14BrNO6S.